The van der Waals surface area contributed by atoms with Crippen LogP contribution in [-0.4, -0.2) is 48.2 Å². The van der Waals surface area contributed by atoms with Crippen molar-refractivity contribution in [3.63, 3.8) is 0 Å². The van der Waals surface area contributed by atoms with Gasteiger partial charge in [-0.1, -0.05) is 20.3 Å². The largest absolute Gasteiger partial charge is 0.396 e. The van der Waals surface area contributed by atoms with Crippen molar-refractivity contribution in [3.05, 3.63) is 0 Å². The van der Waals surface area contributed by atoms with E-state index in [4.69, 9.17) is 0 Å². The third-order valence-corrected chi connectivity index (χ3v) is 4.28. The molecule has 0 aliphatic carbocycles. The van der Waals surface area contributed by atoms with Crippen LogP contribution in [-0.2, 0) is 4.79 Å². The standard InChI is InChI=1S/C13H24N2O2/c1-13(2)9-15(7-10(13)8-16)12(17)11-5-3-4-6-14-11/h10-11,14,16H,3-9H2,1-2H3. The molecular formula is C13H24N2O2. The van der Waals surface area contributed by atoms with E-state index in [1.54, 1.807) is 0 Å². The summed E-state index contributed by atoms with van der Waals surface area (Å²) in [6, 6.07) is 0.0111. The zero-order valence-corrected chi connectivity index (χ0v) is 10.9. The highest BCUT2D eigenvalue weighted by Crippen LogP contribution is 2.35. The van der Waals surface area contributed by atoms with Crippen LogP contribution < -0.4 is 5.32 Å². The van der Waals surface area contributed by atoms with Crippen LogP contribution in [0.1, 0.15) is 33.1 Å². The van der Waals surface area contributed by atoms with E-state index in [1.807, 2.05) is 4.90 Å². The number of carbonyl (C=O) groups is 1. The quantitative estimate of drug-likeness (QED) is 0.743. The van der Waals surface area contributed by atoms with Crippen LogP contribution in [0.15, 0.2) is 0 Å². The van der Waals surface area contributed by atoms with Crippen molar-refractivity contribution in [3.8, 4) is 0 Å². The van der Waals surface area contributed by atoms with Gasteiger partial charge in [-0.2, -0.15) is 0 Å². The van der Waals surface area contributed by atoms with Gasteiger partial charge in [0, 0.05) is 25.6 Å². The van der Waals surface area contributed by atoms with Gasteiger partial charge in [0.2, 0.25) is 5.91 Å². The number of likely N-dealkylation sites (tertiary alicyclic amines) is 1. The highest BCUT2D eigenvalue weighted by molar-refractivity contribution is 5.82. The van der Waals surface area contributed by atoms with Crippen molar-refractivity contribution in [2.75, 3.05) is 26.2 Å². The molecule has 2 unspecified atom stereocenters. The van der Waals surface area contributed by atoms with Crippen molar-refractivity contribution in [2.24, 2.45) is 11.3 Å². The summed E-state index contributed by atoms with van der Waals surface area (Å²) in [4.78, 5) is 14.3. The summed E-state index contributed by atoms with van der Waals surface area (Å²) >= 11 is 0. The Bertz CT molecular complexity index is 285. The molecule has 2 N–H and O–H groups in total. The molecule has 2 rings (SSSR count). The number of nitrogens with one attached hydrogen (secondary N) is 1. The molecule has 0 aromatic carbocycles. The monoisotopic (exact) mass is 240 g/mol. The fraction of sp³-hybridized carbons (Fsp3) is 0.923. The highest BCUT2D eigenvalue weighted by atomic mass is 16.3. The van der Waals surface area contributed by atoms with Crippen LogP contribution in [0.5, 0.6) is 0 Å². The minimum absolute atomic E-state index is 0.0111. The molecule has 0 spiro atoms. The number of aliphatic hydroxyl groups excluding tert-OH is 1. The van der Waals surface area contributed by atoms with Crippen molar-refractivity contribution >= 4 is 5.91 Å². The van der Waals surface area contributed by atoms with Gasteiger partial charge in [-0.3, -0.25) is 4.79 Å². The van der Waals surface area contributed by atoms with Gasteiger partial charge in [0.05, 0.1) is 6.04 Å². The molecular weight excluding hydrogens is 216 g/mol. The van der Waals surface area contributed by atoms with Gasteiger partial charge in [0.15, 0.2) is 0 Å². The van der Waals surface area contributed by atoms with E-state index in [1.165, 1.54) is 6.42 Å². The normalized spacial score (nSPS) is 32.8. The number of carbonyl (C=O) groups excluding carboxylic acids is 1. The Morgan fingerprint density at radius 3 is 2.76 bits per heavy atom. The van der Waals surface area contributed by atoms with E-state index in [0.29, 0.717) is 6.54 Å². The molecule has 0 bridgehead atoms. The lowest BCUT2D eigenvalue weighted by Crippen LogP contribution is -2.48. The van der Waals surface area contributed by atoms with E-state index in [0.717, 1.165) is 25.9 Å². The SMILES string of the molecule is CC1(C)CN(C(=O)C2CCCCN2)CC1CO. The first-order valence-electron chi connectivity index (χ1n) is 6.67. The van der Waals surface area contributed by atoms with Crippen LogP contribution in [0.2, 0.25) is 0 Å². The first kappa shape index (κ1) is 12.8. The van der Waals surface area contributed by atoms with E-state index in [-0.39, 0.29) is 29.9 Å². The minimum Gasteiger partial charge on any atom is -0.396 e. The molecule has 2 saturated heterocycles. The fourth-order valence-electron chi connectivity index (χ4n) is 2.95. The van der Waals surface area contributed by atoms with Crippen molar-refractivity contribution in [2.45, 2.75) is 39.2 Å². The first-order valence-corrected chi connectivity index (χ1v) is 6.67. The Kier molecular flexibility index (Phi) is 3.73. The molecule has 1 amide bonds. The average Bonchev–Trinajstić information content (AvgIpc) is 2.64. The Morgan fingerprint density at radius 2 is 2.24 bits per heavy atom. The number of hydrogen-bond donors (Lipinski definition) is 2. The van der Waals surface area contributed by atoms with Gasteiger partial charge in [-0.15, -0.1) is 0 Å². The lowest BCUT2D eigenvalue weighted by Gasteiger charge is -2.28. The lowest BCUT2D eigenvalue weighted by molar-refractivity contribution is -0.133. The smallest absolute Gasteiger partial charge is 0.239 e. The third-order valence-electron chi connectivity index (χ3n) is 4.28. The van der Waals surface area contributed by atoms with Crippen LogP contribution in [0.25, 0.3) is 0 Å². The molecule has 2 aliphatic rings. The van der Waals surface area contributed by atoms with Crippen LogP contribution in [0.3, 0.4) is 0 Å². The number of rotatable bonds is 2. The molecule has 2 aliphatic heterocycles. The van der Waals surface area contributed by atoms with E-state index in [2.05, 4.69) is 19.2 Å². The summed E-state index contributed by atoms with van der Waals surface area (Å²) in [5, 5.41) is 12.7. The van der Waals surface area contributed by atoms with Crippen LogP contribution >= 0.6 is 0 Å². The average molecular weight is 240 g/mol. The molecule has 2 fully saturated rings. The van der Waals surface area contributed by atoms with E-state index < -0.39 is 0 Å². The first-order chi connectivity index (χ1) is 8.04. The second-order valence-electron chi connectivity index (χ2n) is 6.09. The zero-order valence-electron chi connectivity index (χ0n) is 10.9. The molecule has 0 radical (unpaired) electrons. The van der Waals surface area contributed by atoms with Crippen molar-refractivity contribution in [1.29, 1.82) is 0 Å². The number of aliphatic hydroxyl groups is 1. The number of nitrogens with zero attached hydrogens (tertiary/aromatic N) is 1. The summed E-state index contributed by atoms with van der Waals surface area (Å²) in [5.74, 6) is 0.448. The third kappa shape index (κ3) is 2.63. The minimum atomic E-state index is 0.0111. The number of hydrogen-bond acceptors (Lipinski definition) is 3. The Morgan fingerprint density at radius 1 is 1.47 bits per heavy atom. The second kappa shape index (κ2) is 4.94. The topological polar surface area (TPSA) is 52.6 Å². The molecule has 4 nitrogen and oxygen atoms in total. The predicted octanol–water partition coefficient (Wildman–Crippen LogP) is 0.605. The van der Waals surface area contributed by atoms with Gasteiger partial charge in [0.1, 0.15) is 0 Å². The maximum atomic E-state index is 12.3. The summed E-state index contributed by atoms with van der Waals surface area (Å²) in [5.41, 5.74) is 0.0408. The molecule has 0 aromatic rings. The molecule has 17 heavy (non-hydrogen) atoms. The molecule has 2 atom stereocenters. The van der Waals surface area contributed by atoms with E-state index in [9.17, 15) is 9.90 Å². The fourth-order valence-corrected chi connectivity index (χ4v) is 2.95. The van der Waals surface area contributed by atoms with Crippen LogP contribution in [0, 0.1) is 11.3 Å². The molecule has 2 heterocycles. The van der Waals surface area contributed by atoms with Gasteiger partial charge in [0.25, 0.3) is 0 Å². The van der Waals surface area contributed by atoms with Gasteiger partial charge in [-0.25, -0.2) is 0 Å². The molecule has 0 aromatic heterocycles. The van der Waals surface area contributed by atoms with Crippen molar-refractivity contribution < 1.29 is 9.90 Å². The summed E-state index contributed by atoms with van der Waals surface area (Å²) in [7, 11) is 0. The second-order valence-corrected chi connectivity index (χ2v) is 6.09. The highest BCUT2D eigenvalue weighted by Gasteiger charge is 2.42. The lowest BCUT2D eigenvalue weighted by atomic mass is 9.83. The Balaban J connectivity index is 1.97. The molecule has 98 valence electrons. The summed E-state index contributed by atoms with van der Waals surface area (Å²) in [6.07, 6.45) is 3.28. The number of amides is 1. The predicted molar refractivity (Wildman–Crippen MR) is 66.6 cm³/mol. The molecule has 4 heteroatoms. The summed E-state index contributed by atoms with van der Waals surface area (Å²) < 4.78 is 0. The zero-order chi connectivity index (χ0) is 12.5. The molecule has 0 saturated carbocycles. The maximum absolute atomic E-state index is 12.3. The van der Waals surface area contributed by atoms with Gasteiger partial charge in [-0.05, 0) is 24.8 Å². The summed E-state index contributed by atoms with van der Waals surface area (Å²) in [6.45, 7) is 6.88. The van der Waals surface area contributed by atoms with Gasteiger partial charge < -0.3 is 15.3 Å². The Hall–Kier alpha value is -0.610. The maximum Gasteiger partial charge on any atom is 0.239 e. The van der Waals surface area contributed by atoms with Crippen molar-refractivity contribution in [1.82, 2.24) is 10.2 Å². The number of piperidine rings is 1. The van der Waals surface area contributed by atoms with Gasteiger partial charge >= 0.3 is 0 Å². The Labute approximate surface area is 103 Å². The van der Waals surface area contributed by atoms with Crippen LogP contribution in [0.4, 0.5) is 0 Å². The van der Waals surface area contributed by atoms with E-state index >= 15 is 0 Å².